The molecule has 1 saturated carbocycles. The topological polar surface area (TPSA) is 70.4 Å². The van der Waals surface area contributed by atoms with E-state index in [4.69, 9.17) is 0 Å². The minimum Gasteiger partial charge on any atom is -0.389 e. The van der Waals surface area contributed by atoms with Crippen molar-refractivity contribution in [1.29, 1.82) is 0 Å². The molecule has 3 atom stereocenters. The van der Waals surface area contributed by atoms with Gasteiger partial charge < -0.3 is 19.9 Å². The summed E-state index contributed by atoms with van der Waals surface area (Å²) >= 11 is 0. The van der Waals surface area contributed by atoms with E-state index in [9.17, 15) is 9.90 Å². The van der Waals surface area contributed by atoms with E-state index in [2.05, 4.69) is 10.3 Å². The van der Waals surface area contributed by atoms with E-state index in [1.54, 1.807) is 12.5 Å². The summed E-state index contributed by atoms with van der Waals surface area (Å²) in [6.07, 6.45) is 9.62. The third-order valence-corrected chi connectivity index (χ3v) is 3.56. The van der Waals surface area contributed by atoms with E-state index in [1.165, 1.54) is 6.08 Å². The van der Waals surface area contributed by atoms with Crippen molar-refractivity contribution in [2.75, 3.05) is 20.6 Å². The SMILES string of the molecule is CN(C)C/C=C/C(=O)N[C@@H]1CC[C@@H](n2ccnc2)[C@@H]1O. The van der Waals surface area contributed by atoms with Gasteiger partial charge in [-0.3, -0.25) is 4.79 Å². The molecule has 20 heavy (non-hydrogen) atoms. The Morgan fingerprint density at radius 1 is 1.55 bits per heavy atom. The average molecular weight is 278 g/mol. The number of likely N-dealkylation sites (N-methyl/N-ethyl adjacent to an activating group) is 1. The van der Waals surface area contributed by atoms with Crippen LogP contribution in [-0.4, -0.2) is 58.3 Å². The Morgan fingerprint density at radius 2 is 2.35 bits per heavy atom. The quantitative estimate of drug-likeness (QED) is 0.754. The Kier molecular flexibility index (Phi) is 4.92. The summed E-state index contributed by atoms with van der Waals surface area (Å²) in [5, 5.41) is 13.2. The van der Waals surface area contributed by atoms with Crippen molar-refractivity contribution in [1.82, 2.24) is 19.8 Å². The summed E-state index contributed by atoms with van der Waals surface area (Å²) in [6, 6.07) is -0.201. The highest BCUT2D eigenvalue weighted by molar-refractivity contribution is 5.87. The first-order valence-corrected chi connectivity index (χ1v) is 6.85. The van der Waals surface area contributed by atoms with Crippen LogP contribution >= 0.6 is 0 Å². The number of aliphatic hydroxyl groups is 1. The zero-order chi connectivity index (χ0) is 14.5. The highest BCUT2D eigenvalue weighted by Crippen LogP contribution is 2.30. The van der Waals surface area contributed by atoms with Crippen molar-refractivity contribution >= 4 is 5.91 Å². The smallest absolute Gasteiger partial charge is 0.244 e. The number of nitrogens with zero attached hydrogens (tertiary/aromatic N) is 3. The first kappa shape index (κ1) is 14.7. The first-order valence-electron chi connectivity index (χ1n) is 6.85. The molecule has 0 radical (unpaired) electrons. The van der Waals surface area contributed by atoms with E-state index in [0.29, 0.717) is 0 Å². The van der Waals surface area contributed by atoms with Crippen LogP contribution < -0.4 is 5.32 Å². The van der Waals surface area contributed by atoms with Crippen molar-refractivity contribution < 1.29 is 9.90 Å². The van der Waals surface area contributed by atoms with Crippen molar-refractivity contribution in [3.63, 3.8) is 0 Å². The highest BCUT2D eigenvalue weighted by atomic mass is 16.3. The molecular formula is C14H22N4O2. The Hall–Kier alpha value is -1.66. The second kappa shape index (κ2) is 6.67. The molecule has 0 unspecified atom stereocenters. The number of amides is 1. The summed E-state index contributed by atoms with van der Waals surface area (Å²) in [7, 11) is 3.89. The predicted octanol–water partition coefficient (Wildman–Crippen LogP) is 0.181. The number of rotatable bonds is 5. The number of imidazole rings is 1. The zero-order valence-corrected chi connectivity index (χ0v) is 11.9. The number of nitrogens with one attached hydrogen (secondary N) is 1. The van der Waals surface area contributed by atoms with Gasteiger partial charge >= 0.3 is 0 Å². The molecule has 0 spiro atoms. The maximum absolute atomic E-state index is 11.8. The van der Waals surface area contributed by atoms with Crippen LogP contribution in [0.5, 0.6) is 0 Å². The molecule has 0 bridgehead atoms. The van der Waals surface area contributed by atoms with Crippen molar-refractivity contribution in [2.45, 2.75) is 31.0 Å². The molecule has 6 nitrogen and oxygen atoms in total. The molecule has 6 heteroatoms. The molecule has 1 aliphatic rings. The van der Waals surface area contributed by atoms with Gasteiger partial charge in [0.1, 0.15) is 0 Å². The van der Waals surface area contributed by atoms with E-state index >= 15 is 0 Å². The Labute approximate surface area is 119 Å². The Bertz CT molecular complexity index is 456. The lowest BCUT2D eigenvalue weighted by atomic mass is 10.1. The van der Waals surface area contributed by atoms with Gasteiger partial charge in [0.15, 0.2) is 0 Å². The summed E-state index contributed by atoms with van der Waals surface area (Å²) < 4.78 is 1.90. The van der Waals surface area contributed by atoms with Gasteiger partial charge in [-0.25, -0.2) is 4.98 Å². The molecule has 1 aromatic rings. The number of hydrogen-bond donors (Lipinski definition) is 2. The molecule has 1 aliphatic carbocycles. The molecule has 1 amide bonds. The van der Waals surface area contributed by atoms with Crippen molar-refractivity contribution in [3.8, 4) is 0 Å². The number of aliphatic hydroxyl groups excluding tert-OH is 1. The van der Waals surface area contributed by atoms with Gasteiger partial charge in [-0.15, -0.1) is 0 Å². The molecule has 1 aromatic heterocycles. The second-order valence-electron chi connectivity index (χ2n) is 5.42. The van der Waals surface area contributed by atoms with Crippen LogP contribution in [0.25, 0.3) is 0 Å². The van der Waals surface area contributed by atoms with Crippen LogP contribution in [0.15, 0.2) is 30.9 Å². The van der Waals surface area contributed by atoms with E-state index < -0.39 is 6.10 Å². The van der Waals surface area contributed by atoms with Crippen molar-refractivity contribution in [2.24, 2.45) is 0 Å². The fourth-order valence-corrected chi connectivity index (χ4v) is 2.51. The third-order valence-electron chi connectivity index (χ3n) is 3.56. The van der Waals surface area contributed by atoms with Gasteiger partial charge in [0.2, 0.25) is 5.91 Å². The van der Waals surface area contributed by atoms with Gasteiger partial charge in [0, 0.05) is 25.0 Å². The average Bonchev–Trinajstić information content (AvgIpc) is 3.00. The standard InChI is InChI=1S/C14H22N4O2/c1-17(2)8-3-4-13(19)16-11-5-6-12(14(11)20)18-9-7-15-10-18/h3-4,7,9-12,14,20H,5-6,8H2,1-2H3,(H,16,19)/b4-3+/t11-,12-,14-/m1/s1. The number of carbonyl (C=O) groups is 1. The zero-order valence-electron chi connectivity index (χ0n) is 11.9. The molecule has 0 aromatic carbocycles. The summed E-state index contributed by atoms with van der Waals surface area (Å²) in [6.45, 7) is 0.721. The maximum atomic E-state index is 11.8. The van der Waals surface area contributed by atoms with E-state index in [0.717, 1.165) is 19.4 Å². The first-order chi connectivity index (χ1) is 9.58. The Balaban J connectivity index is 1.85. The van der Waals surface area contributed by atoms with Gasteiger partial charge in [-0.05, 0) is 26.9 Å². The normalized spacial score (nSPS) is 26.5. The molecule has 110 valence electrons. The molecule has 0 saturated heterocycles. The van der Waals surface area contributed by atoms with Crippen LogP contribution in [0.2, 0.25) is 0 Å². The lowest BCUT2D eigenvalue weighted by Gasteiger charge is -2.21. The summed E-state index contributed by atoms with van der Waals surface area (Å²) in [4.78, 5) is 17.7. The minimum absolute atomic E-state index is 0.00597. The molecule has 1 heterocycles. The fraction of sp³-hybridized carbons (Fsp3) is 0.571. The van der Waals surface area contributed by atoms with E-state index in [-0.39, 0.29) is 18.0 Å². The largest absolute Gasteiger partial charge is 0.389 e. The van der Waals surface area contributed by atoms with Gasteiger partial charge in [-0.2, -0.15) is 0 Å². The number of aromatic nitrogens is 2. The van der Waals surface area contributed by atoms with Gasteiger partial charge in [-0.1, -0.05) is 6.08 Å². The molecular weight excluding hydrogens is 256 g/mol. The van der Waals surface area contributed by atoms with Gasteiger partial charge in [0.25, 0.3) is 0 Å². The molecule has 1 fully saturated rings. The number of hydrogen-bond acceptors (Lipinski definition) is 4. The van der Waals surface area contributed by atoms with Gasteiger partial charge in [0.05, 0.1) is 24.5 Å². The van der Waals surface area contributed by atoms with E-state index in [1.807, 2.05) is 35.8 Å². The van der Waals surface area contributed by atoms with Crippen LogP contribution in [-0.2, 0) is 4.79 Å². The highest BCUT2D eigenvalue weighted by Gasteiger charge is 2.36. The second-order valence-corrected chi connectivity index (χ2v) is 5.42. The minimum atomic E-state index is -0.574. The van der Waals surface area contributed by atoms with Crippen LogP contribution in [0.4, 0.5) is 0 Å². The molecule has 2 rings (SSSR count). The van der Waals surface area contributed by atoms with Crippen LogP contribution in [0.3, 0.4) is 0 Å². The Morgan fingerprint density at radius 3 is 3.00 bits per heavy atom. The summed E-state index contributed by atoms with van der Waals surface area (Å²) in [5.74, 6) is -0.151. The van der Waals surface area contributed by atoms with Crippen molar-refractivity contribution in [3.05, 3.63) is 30.9 Å². The molecule has 2 N–H and O–H groups in total. The maximum Gasteiger partial charge on any atom is 0.244 e. The lowest BCUT2D eigenvalue weighted by Crippen LogP contribution is -2.41. The molecule has 0 aliphatic heterocycles. The fourth-order valence-electron chi connectivity index (χ4n) is 2.51. The summed E-state index contributed by atoms with van der Waals surface area (Å²) in [5.41, 5.74) is 0. The third kappa shape index (κ3) is 3.68. The monoisotopic (exact) mass is 278 g/mol. The predicted molar refractivity (Wildman–Crippen MR) is 76.1 cm³/mol. The lowest BCUT2D eigenvalue weighted by molar-refractivity contribution is -0.117. The van der Waals surface area contributed by atoms with Crippen LogP contribution in [0.1, 0.15) is 18.9 Å². The van der Waals surface area contributed by atoms with Crippen LogP contribution in [0, 0.1) is 0 Å². The number of carbonyl (C=O) groups excluding carboxylic acids is 1.